The third kappa shape index (κ3) is 2.05. The summed E-state index contributed by atoms with van der Waals surface area (Å²) in [7, 11) is 0. The Hall–Kier alpha value is -1.05. The quantitative estimate of drug-likeness (QED) is 0.573. The molecule has 2 nitrogen and oxygen atoms in total. The summed E-state index contributed by atoms with van der Waals surface area (Å²) in [6, 6.07) is 4.07. The Morgan fingerprint density at radius 1 is 1.60 bits per heavy atom. The van der Waals surface area contributed by atoms with Crippen LogP contribution in [0.3, 0.4) is 0 Å². The van der Waals surface area contributed by atoms with E-state index in [4.69, 9.17) is 4.42 Å². The average molecular weight is 137 g/mol. The zero-order valence-corrected chi connectivity index (χ0v) is 6.24. The first-order chi connectivity index (χ1) is 4.79. The highest BCUT2D eigenvalue weighted by Gasteiger charge is 1.88. The molecule has 1 rings (SSSR count). The molecule has 0 aromatic carbocycles. The van der Waals surface area contributed by atoms with E-state index in [-0.39, 0.29) is 0 Å². The van der Waals surface area contributed by atoms with Gasteiger partial charge in [0.15, 0.2) is 0 Å². The summed E-state index contributed by atoms with van der Waals surface area (Å²) in [5.41, 5.74) is 0. The predicted molar refractivity (Wildman–Crippen MR) is 41.4 cm³/mol. The van der Waals surface area contributed by atoms with Crippen LogP contribution in [0.1, 0.15) is 19.6 Å². The number of hydrogen-bond acceptors (Lipinski definition) is 2. The molecule has 0 bridgehead atoms. The van der Waals surface area contributed by atoms with Crippen LogP contribution in [-0.2, 0) is 0 Å². The van der Waals surface area contributed by atoms with Crippen LogP contribution in [0.2, 0.25) is 0 Å². The van der Waals surface area contributed by atoms with Crippen LogP contribution in [-0.4, -0.2) is 12.3 Å². The van der Waals surface area contributed by atoms with Crippen LogP contribution in [0.15, 0.2) is 27.8 Å². The van der Waals surface area contributed by atoms with Gasteiger partial charge in [-0.25, -0.2) is 0 Å². The molecule has 0 aliphatic heterocycles. The first-order valence-corrected chi connectivity index (χ1v) is 3.35. The highest BCUT2D eigenvalue weighted by molar-refractivity contribution is 5.75. The van der Waals surface area contributed by atoms with Crippen molar-refractivity contribution in [2.45, 2.75) is 19.9 Å². The van der Waals surface area contributed by atoms with E-state index >= 15 is 0 Å². The van der Waals surface area contributed by atoms with Gasteiger partial charge in [-0.3, -0.25) is 4.99 Å². The lowest BCUT2D eigenvalue weighted by atomic mass is 10.4. The minimum absolute atomic E-state index is 0.338. The van der Waals surface area contributed by atoms with Gasteiger partial charge in [0.05, 0.1) is 12.5 Å². The topological polar surface area (TPSA) is 25.5 Å². The maximum Gasteiger partial charge on any atom is 0.144 e. The third-order valence-electron chi connectivity index (χ3n) is 1.04. The van der Waals surface area contributed by atoms with Crippen molar-refractivity contribution in [3.63, 3.8) is 0 Å². The lowest BCUT2D eigenvalue weighted by molar-refractivity contribution is 0.559. The van der Waals surface area contributed by atoms with Crippen LogP contribution in [0.4, 0.5) is 0 Å². The molecular weight excluding hydrogens is 126 g/mol. The van der Waals surface area contributed by atoms with Gasteiger partial charge < -0.3 is 4.42 Å². The number of furan rings is 1. The highest BCUT2D eigenvalue weighted by Crippen LogP contribution is 1.96. The molecule has 0 N–H and O–H groups in total. The maximum atomic E-state index is 5.03. The van der Waals surface area contributed by atoms with Gasteiger partial charge in [0, 0.05) is 6.04 Å². The van der Waals surface area contributed by atoms with Crippen molar-refractivity contribution >= 4 is 6.21 Å². The summed E-state index contributed by atoms with van der Waals surface area (Å²) < 4.78 is 5.03. The molecule has 1 aromatic heterocycles. The number of hydrogen-bond donors (Lipinski definition) is 0. The average Bonchev–Trinajstić information content (AvgIpc) is 2.34. The molecule has 0 unspecified atom stereocenters. The van der Waals surface area contributed by atoms with Crippen LogP contribution < -0.4 is 0 Å². The Bertz CT molecular complexity index is 199. The zero-order valence-electron chi connectivity index (χ0n) is 6.24. The summed E-state index contributed by atoms with van der Waals surface area (Å²) in [6.45, 7) is 4.05. The molecule has 0 atom stereocenters. The van der Waals surface area contributed by atoms with Crippen LogP contribution in [0.25, 0.3) is 0 Å². The highest BCUT2D eigenvalue weighted by atomic mass is 16.3. The number of rotatable bonds is 2. The summed E-state index contributed by atoms with van der Waals surface area (Å²) in [5.74, 6) is 0.814. The first kappa shape index (κ1) is 7.06. The fraction of sp³-hybridized carbons (Fsp3) is 0.375. The standard InChI is InChI=1S/C8H11NO/c1-7(2)9-6-8-4-3-5-10-8/h3-7H,1-2H3. The van der Waals surface area contributed by atoms with E-state index in [0.717, 1.165) is 5.76 Å². The number of nitrogens with zero attached hydrogens (tertiary/aromatic N) is 1. The van der Waals surface area contributed by atoms with E-state index in [0.29, 0.717) is 6.04 Å². The Morgan fingerprint density at radius 3 is 2.90 bits per heavy atom. The Morgan fingerprint density at radius 2 is 2.40 bits per heavy atom. The predicted octanol–water partition coefficient (Wildman–Crippen LogP) is 2.11. The molecule has 0 spiro atoms. The molecule has 1 heterocycles. The molecule has 0 aliphatic rings. The fourth-order valence-electron chi connectivity index (χ4n) is 0.587. The van der Waals surface area contributed by atoms with Crippen molar-refractivity contribution < 1.29 is 4.42 Å². The van der Waals surface area contributed by atoms with Gasteiger partial charge in [-0.05, 0) is 26.0 Å². The molecular formula is C8H11NO. The minimum atomic E-state index is 0.338. The van der Waals surface area contributed by atoms with Gasteiger partial charge in [0.25, 0.3) is 0 Å². The normalized spacial score (nSPS) is 11.5. The van der Waals surface area contributed by atoms with Crippen LogP contribution >= 0.6 is 0 Å². The summed E-state index contributed by atoms with van der Waals surface area (Å²) in [4.78, 5) is 4.15. The van der Waals surface area contributed by atoms with E-state index in [1.165, 1.54) is 0 Å². The van der Waals surface area contributed by atoms with Crippen molar-refractivity contribution in [1.82, 2.24) is 0 Å². The maximum absolute atomic E-state index is 5.03. The molecule has 54 valence electrons. The van der Waals surface area contributed by atoms with Crippen molar-refractivity contribution in [2.75, 3.05) is 0 Å². The van der Waals surface area contributed by atoms with Crippen molar-refractivity contribution in [2.24, 2.45) is 4.99 Å². The SMILES string of the molecule is CC(C)N=Cc1ccco1. The molecule has 10 heavy (non-hydrogen) atoms. The molecule has 0 aliphatic carbocycles. The monoisotopic (exact) mass is 137 g/mol. The van der Waals surface area contributed by atoms with Gasteiger partial charge in [-0.2, -0.15) is 0 Å². The zero-order chi connectivity index (χ0) is 7.40. The van der Waals surface area contributed by atoms with Crippen molar-refractivity contribution in [3.8, 4) is 0 Å². The molecule has 0 amide bonds. The van der Waals surface area contributed by atoms with Crippen molar-refractivity contribution in [3.05, 3.63) is 24.2 Å². The molecule has 1 aromatic rings. The van der Waals surface area contributed by atoms with Crippen molar-refractivity contribution in [1.29, 1.82) is 0 Å². The van der Waals surface area contributed by atoms with Crippen LogP contribution in [0.5, 0.6) is 0 Å². The second-order valence-corrected chi connectivity index (χ2v) is 2.39. The Balaban J connectivity index is 2.55. The fourth-order valence-corrected chi connectivity index (χ4v) is 0.587. The third-order valence-corrected chi connectivity index (χ3v) is 1.04. The molecule has 0 saturated heterocycles. The first-order valence-electron chi connectivity index (χ1n) is 3.35. The molecule has 2 heteroatoms. The largest absolute Gasteiger partial charge is 0.463 e. The molecule has 0 saturated carbocycles. The molecule has 0 radical (unpaired) electrons. The second-order valence-electron chi connectivity index (χ2n) is 2.39. The summed E-state index contributed by atoms with van der Waals surface area (Å²) in [6.07, 6.45) is 3.38. The van der Waals surface area contributed by atoms with E-state index in [9.17, 15) is 0 Å². The van der Waals surface area contributed by atoms with Crippen LogP contribution in [0, 0.1) is 0 Å². The van der Waals surface area contributed by atoms with E-state index in [1.807, 2.05) is 26.0 Å². The summed E-state index contributed by atoms with van der Waals surface area (Å²) in [5, 5.41) is 0. The Labute approximate surface area is 60.6 Å². The van der Waals surface area contributed by atoms with E-state index in [2.05, 4.69) is 4.99 Å². The van der Waals surface area contributed by atoms with Gasteiger partial charge in [-0.1, -0.05) is 0 Å². The van der Waals surface area contributed by atoms with Gasteiger partial charge in [0.1, 0.15) is 5.76 Å². The lowest BCUT2D eigenvalue weighted by Gasteiger charge is -1.90. The van der Waals surface area contributed by atoms with E-state index < -0.39 is 0 Å². The van der Waals surface area contributed by atoms with Gasteiger partial charge >= 0.3 is 0 Å². The van der Waals surface area contributed by atoms with E-state index in [1.54, 1.807) is 12.5 Å². The van der Waals surface area contributed by atoms with Gasteiger partial charge in [0.2, 0.25) is 0 Å². The smallest absolute Gasteiger partial charge is 0.144 e. The minimum Gasteiger partial charge on any atom is -0.463 e. The Kier molecular flexibility index (Phi) is 2.26. The summed E-state index contributed by atoms with van der Waals surface area (Å²) >= 11 is 0. The molecule has 0 fully saturated rings. The second kappa shape index (κ2) is 3.20. The van der Waals surface area contributed by atoms with Gasteiger partial charge in [-0.15, -0.1) is 0 Å². The number of aliphatic imine (C=N–C) groups is 1. The lowest BCUT2D eigenvalue weighted by Crippen LogP contribution is -1.88.